The number of hydrogen-bond donors (Lipinski definition) is 0. The van der Waals surface area contributed by atoms with Gasteiger partial charge in [0.1, 0.15) is 0 Å². The first kappa shape index (κ1) is 9.81. The van der Waals surface area contributed by atoms with Crippen molar-refractivity contribution in [1.29, 1.82) is 0 Å². The van der Waals surface area contributed by atoms with Gasteiger partial charge in [-0.3, -0.25) is 0 Å². The third-order valence-electron chi connectivity index (χ3n) is 2.08. The molecule has 3 radical (unpaired) electrons. The summed E-state index contributed by atoms with van der Waals surface area (Å²) >= 11 is 6.06. The highest BCUT2D eigenvalue weighted by Gasteiger charge is 2.05. The zero-order valence-electron chi connectivity index (χ0n) is 7.45. The topological polar surface area (TPSA) is 0 Å². The van der Waals surface area contributed by atoms with Crippen LogP contribution in [0.15, 0.2) is 12.1 Å². The van der Waals surface area contributed by atoms with Crippen molar-refractivity contribution in [3.63, 3.8) is 0 Å². The third kappa shape index (κ3) is 1.72. The SMILES string of the molecule is CCc1c([Si])ccc(Cl)c1CC. The molecule has 1 aromatic rings. The van der Waals surface area contributed by atoms with Crippen molar-refractivity contribution >= 4 is 27.0 Å². The lowest BCUT2D eigenvalue weighted by Gasteiger charge is -2.10. The lowest BCUT2D eigenvalue weighted by molar-refractivity contribution is 1.05. The maximum atomic E-state index is 6.06. The Bertz CT molecular complexity index is 252. The van der Waals surface area contributed by atoms with E-state index in [1.807, 2.05) is 12.1 Å². The number of halogens is 1. The maximum absolute atomic E-state index is 6.06. The van der Waals surface area contributed by atoms with Crippen LogP contribution in [-0.4, -0.2) is 10.2 Å². The van der Waals surface area contributed by atoms with E-state index < -0.39 is 0 Å². The first-order chi connectivity index (χ1) is 5.70. The van der Waals surface area contributed by atoms with Gasteiger partial charge in [-0.05, 0) is 30.0 Å². The minimum absolute atomic E-state index is 0.886. The minimum atomic E-state index is 0.886. The molecule has 0 fully saturated rings. The Balaban J connectivity index is 3.28. The summed E-state index contributed by atoms with van der Waals surface area (Å²) in [7, 11) is 3.57. The van der Waals surface area contributed by atoms with Crippen LogP contribution in [-0.2, 0) is 12.8 Å². The van der Waals surface area contributed by atoms with E-state index in [2.05, 4.69) is 24.1 Å². The summed E-state index contributed by atoms with van der Waals surface area (Å²) in [6, 6.07) is 3.96. The molecule has 0 saturated heterocycles. The van der Waals surface area contributed by atoms with Crippen molar-refractivity contribution in [2.24, 2.45) is 0 Å². The molecule has 0 heterocycles. The van der Waals surface area contributed by atoms with Crippen LogP contribution >= 0.6 is 11.6 Å². The maximum Gasteiger partial charge on any atom is 0.0715 e. The van der Waals surface area contributed by atoms with Crippen LogP contribution in [0.25, 0.3) is 0 Å². The van der Waals surface area contributed by atoms with E-state index in [0.717, 1.165) is 17.9 Å². The van der Waals surface area contributed by atoms with Gasteiger partial charge in [0, 0.05) is 5.02 Å². The van der Waals surface area contributed by atoms with Crippen LogP contribution in [0.1, 0.15) is 25.0 Å². The van der Waals surface area contributed by atoms with Crippen LogP contribution < -0.4 is 5.19 Å². The van der Waals surface area contributed by atoms with Crippen molar-refractivity contribution < 1.29 is 0 Å². The molecule has 0 N–H and O–H groups in total. The molecule has 0 atom stereocenters. The molecule has 0 aliphatic heterocycles. The highest BCUT2D eigenvalue weighted by atomic mass is 35.5. The summed E-state index contributed by atoms with van der Waals surface area (Å²) in [6.07, 6.45) is 2.03. The van der Waals surface area contributed by atoms with Crippen LogP contribution in [0.5, 0.6) is 0 Å². The van der Waals surface area contributed by atoms with Crippen LogP contribution in [0.2, 0.25) is 5.02 Å². The summed E-state index contributed by atoms with van der Waals surface area (Å²) in [6.45, 7) is 4.28. The normalized spacial score (nSPS) is 10.3. The van der Waals surface area contributed by atoms with Gasteiger partial charge >= 0.3 is 0 Å². The predicted octanol–water partition coefficient (Wildman–Crippen LogP) is 2.26. The van der Waals surface area contributed by atoms with Crippen molar-refractivity contribution in [2.45, 2.75) is 26.7 Å². The zero-order chi connectivity index (χ0) is 9.14. The van der Waals surface area contributed by atoms with Gasteiger partial charge in [0.15, 0.2) is 0 Å². The molecule has 0 aromatic heterocycles. The summed E-state index contributed by atoms with van der Waals surface area (Å²) in [5, 5.41) is 2.05. The van der Waals surface area contributed by atoms with Gasteiger partial charge in [0.05, 0.1) is 10.2 Å². The molecule has 63 valence electrons. The third-order valence-corrected chi connectivity index (χ3v) is 2.90. The van der Waals surface area contributed by atoms with E-state index in [9.17, 15) is 0 Å². The van der Waals surface area contributed by atoms with E-state index in [4.69, 9.17) is 11.6 Å². The first-order valence-corrected chi connectivity index (χ1v) is 5.10. The van der Waals surface area contributed by atoms with Crippen molar-refractivity contribution in [1.82, 2.24) is 0 Å². The minimum Gasteiger partial charge on any atom is -0.0840 e. The van der Waals surface area contributed by atoms with Gasteiger partial charge < -0.3 is 0 Å². The average Bonchev–Trinajstić information content (AvgIpc) is 2.08. The quantitative estimate of drug-likeness (QED) is 0.636. The fourth-order valence-electron chi connectivity index (χ4n) is 1.45. The van der Waals surface area contributed by atoms with E-state index in [-0.39, 0.29) is 0 Å². The molecule has 0 nitrogen and oxygen atoms in total. The molecule has 0 saturated carbocycles. The highest BCUT2D eigenvalue weighted by Crippen LogP contribution is 2.19. The van der Waals surface area contributed by atoms with Crippen molar-refractivity contribution in [3.05, 3.63) is 28.3 Å². The van der Waals surface area contributed by atoms with E-state index in [1.165, 1.54) is 16.3 Å². The Morgan fingerprint density at radius 3 is 2.17 bits per heavy atom. The average molecular weight is 196 g/mol. The van der Waals surface area contributed by atoms with Gasteiger partial charge in [-0.1, -0.05) is 36.7 Å². The molecule has 0 spiro atoms. The fraction of sp³-hybridized carbons (Fsp3) is 0.400. The molecule has 1 rings (SSSR count). The van der Waals surface area contributed by atoms with E-state index in [0.29, 0.717) is 0 Å². The van der Waals surface area contributed by atoms with E-state index in [1.54, 1.807) is 0 Å². The molecule has 0 amide bonds. The molecule has 2 heteroatoms. The number of rotatable bonds is 2. The Labute approximate surface area is 82.4 Å². The molecular weight excluding hydrogens is 184 g/mol. The molecule has 12 heavy (non-hydrogen) atoms. The second-order valence-corrected chi connectivity index (χ2v) is 3.71. The van der Waals surface area contributed by atoms with Crippen LogP contribution in [0.3, 0.4) is 0 Å². The molecule has 0 aliphatic carbocycles. The number of hydrogen-bond acceptors (Lipinski definition) is 0. The van der Waals surface area contributed by atoms with E-state index >= 15 is 0 Å². The largest absolute Gasteiger partial charge is 0.0840 e. The second kappa shape index (κ2) is 4.10. The van der Waals surface area contributed by atoms with Crippen LogP contribution in [0.4, 0.5) is 0 Å². The molecule has 0 bridgehead atoms. The predicted molar refractivity (Wildman–Crippen MR) is 55.6 cm³/mol. The highest BCUT2D eigenvalue weighted by molar-refractivity contribution is 6.35. The zero-order valence-corrected chi connectivity index (χ0v) is 9.20. The molecule has 0 aliphatic rings. The Morgan fingerprint density at radius 1 is 1.17 bits per heavy atom. The first-order valence-electron chi connectivity index (χ1n) is 4.22. The Kier molecular flexibility index (Phi) is 3.36. The van der Waals surface area contributed by atoms with Crippen LogP contribution in [0, 0.1) is 0 Å². The van der Waals surface area contributed by atoms with Crippen molar-refractivity contribution in [3.8, 4) is 0 Å². The molecule has 1 aromatic carbocycles. The number of benzene rings is 1. The lowest BCUT2D eigenvalue weighted by Crippen LogP contribution is -2.12. The summed E-state index contributed by atoms with van der Waals surface area (Å²) in [5.74, 6) is 0. The van der Waals surface area contributed by atoms with Gasteiger partial charge in [-0.2, -0.15) is 0 Å². The summed E-state index contributed by atoms with van der Waals surface area (Å²) in [4.78, 5) is 0. The monoisotopic (exact) mass is 195 g/mol. The second-order valence-electron chi connectivity index (χ2n) is 2.76. The smallest absolute Gasteiger partial charge is 0.0715 e. The van der Waals surface area contributed by atoms with Gasteiger partial charge in [0.25, 0.3) is 0 Å². The Hall–Kier alpha value is -0.273. The molecular formula is C10H12ClSi. The fourth-order valence-corrected chi connectivity index (χ4v) is 2.17. The standard InChI is InChI=1S/C10H12ClSi/c1-3-7-8(4-2)10(12)6-5-9(7)11/h5-6H,3-4H2,1-2H3. The van der Waals surface area contributed by atoms with Gasteiger partial charge in [-0.25, -0.2) is 0 Å². The van der Waals surface area contributed by atoms with Crippen molar-refractivity contribution in [2.75, 3.05) is 0 Å². The lowest BCUT2D eigenvalue weighted by atomic mass is 10.0. The molecule has 0 unspecified atom stereocenters. The summed E-state index contributed by atoms with van der Waals surface area (Å²) in [5.41, 5.74) is 2.60. The van der Waals surface area contributed by atoms with Gasteiger partial charge in [-0.15, -0.1) is 0 Å². The van der Waals surface area contributed by atoms with Gasteiger partial charge in [0.2, 0.25) is 0 Å². The Morgan fingerprint density at radius 2 is 1.75 bits per heavy atom. The summed E-state index contributed by atoms with van der Waals surface area (Å²) < 4.78 is 0.